The minimum atomic E-state index is -0.0370. The maximum Gasteiger partial charge on any atom is 0.248 e. The highest BCUT2D eigenvalue weighted by Gasteiger charge is 1.79. The van der Waals surface area contributed by atoms with Crippen molar-refractivity contribution in [2.45, 2.75) is 28.7 Å². The van der Waals surface area contributed by atoms with Crippen molar-refractivity contribution >= 4 is 0 Å². The number of H-pyrrole nitrogens is 1. The smallest absolute Gasteiger partial charge is 0.248 e. The van der Waals surface area contributed by atoms with Gasteiger partial charge in [0, 0.05) is 23.7 Å². The fraction of sp³-hybridized carbons (Fsp3) is 0.286. The quantitative estimate of drug-likeness (QED) is 0.759. The molecule has 0 spiro atoms. The summed E-state index contributed by atoms with van der Waals surface area (Å²) in [5.74, 6) is 0. The predicted molar refractivity (Wildman–Crippen MR) is 74.2 cm³/mol. The summed E-state index contributed by atoms with van der Waals surface area (Å²) in [6.07, 6.45) is 1.79. The normalized spacial score (nSPS) is 7.88. The van der Waals surface area contributed by atoms with Gasteiger partial charge in [-0.1, -0.05) is 27.0 Å². The zero-order valence-electron chi connectivity index (χ0n) is 8.90. The lowest BCUT2D eigenvalue weighted by molar-refractivity contribution is 1.14. The second-order valence-corrected chi connectivity index (χ2v) is 3.17. The summed E-state index contributed by atoms with van der Waals surface area (Å²) in [6, 6.07) is 10.9. The second-order valence-electron chi connectivity index (χ2n) is 3.17. The SMILES string of the molecule is C.C.Cc1cccc(=O)[nH]1.Cc1ccccn1. The lowest BCUT2D eigenvalue weighted by atomic mass is 10.4. The molecule has 17 heavy (non-hydrogen) atoms. The summed E-state index contributed by atoms with van der Waals surface area (Å²) in [5.41, 5.74) is 1.94. The van der Waals surface area contributed by atoms with Gasteiger partial charge in [0.15, 0.2) is 0 Å². The first-order valence-corrected chi connectivity index (χ1v) is 4.72. The Balaban J connectivity index is 0. The molecule has 0 aliphatic carbocycles. The molecule has 0 aliphatic rings. The van der Waals surface area contributed by atoms with E-state index in [1.165, 1.54) is 6.07 Å². The van der Waals surface area contributed by atoms with Crippen molar-refractivity contribution in [1.82, 2.24) is 9.97 Å². The molecule has 2 rings (SSSR count). The molecular weight excluding hydrogens is 212 g/mol. The van der Waals surface area contributed by atoms with Crippen molar-refractivity contribution in [2.75, 3.05) is 0 Å². The molecule has 0 atom stereocenters. The van der Waals surface area contributed by atoms with Crippen LogP contribution in [-0.4, -0.2) is 9.97 Å². The number of aromatic nitrogens is 2. The van der Waals surface area contributed by atoms with Crippen molar-refractivity contribution in [1.29, 1.82) is 0 Å². The maximum atomic E-state index is 10.4. The van der Waals surface area contributed by atoms with E-state index in [-0.39, 0.29) is 20.4 Å². The van der Waals surface area contributed by atoms with Crippen LogP contribution in [0, 0.1) is 13.8 Å². The van der Waals surface area contributed by atoms with Gasteiger partial charge in [0.1, 0.15) is 0 Å². The predicted octanol–water partition coefficient (Wildman–Crippen LogP) is 3.35. The average Bonchev–Trinajstić information content (AvgIpc) is 2.19. The molecule has 0 unspecified atom stereocenters. The zero-order valence-corrected chi connectivity index (χ0v) is 8.90. The van der Waals surface area contributed by atoms with Crippen LogP contribution in [0.5, 0.6) is 0 Å². The third kappa shape index (κ3) is 7.96. The van der Waals surface area contributed by atoms with Gasteiger partial charge in [0.2, 0.25) is 5.56 Å². The average molecular weight is 234 g/mol. The summed E-state index contributed by atoms with van der Waals surface area (Å²) in [5, 5.41) is 0. The third-order valence-electron chi connectivity index (χ3n) is 1.73. The third-order valence-corrected chi connectivity index (χ3v) is 1.73. The van der Waals surface area contributed by atoms with Gasteiger partial charge < -0.3 is 4.98 Å². The van der Waals surface area contributed by atoms with E-state index in [0.717, 1.165) is 11.4 Å². The molecule has 0 saturated carbocycles. The first-order chi connectivity index (χ1) is 7.18. The Hall–Kier alpha value is -1.90. The molecule has 0 amide bonds. The highest BCUT2D eigenvalue weighted by molar-refractivity contribution is 5.00. The number of rotatable bonds is 0. The number of aryl methyl sites for hydroxylation is 2. The van der Waals surface area contributed by atoms with Crippen molar-refractivity contribution in [3.63, 3.8) is 0 Å². The minimum Gasteiger partial charge on any atom is -0.327 e. The van der Waals surface area contributed by atoms with Crippen molar-refractivity contribution in [3.05, 3.63) is 64.3 Å². The van der Waals surface area contributed by atoms with E-state index >= 15 is 0 Å². The van der Waals surface area contributed by atoms with Crippen molar-refractivity contribution < 1.29 is 0 Å². The van der Waals surface area contributed by atoms with Gasteiger partial charge in [-0.3, -0.25) is 9.78 Å². The summed E-state index contributed by atoms with van der Waals surface area (Å²) >= 11 is 0. The van der Waals surface area contributed by atoms with E-state index in [0.29, 0.717) is 0 Å². The molecule has 0 radical (unpaired) electrons. The van der Waals surface area contributed by atoms with E-state index in [2.05, 4.69) is 9.97 Å². The molecule has 0 fully saturated rings. The van der Waals surface area contributed by atoms with Crippen LogP contribution in [0.25, 0.3) is 0 Å². The Morgan fingerprint density at radius 3 is 2.00 bits per heavy atom. The van der Waals surface area contributed by atoms with Crippen molar-refractivity contribution in [2.24, 2.45) is 0 Å². The van der Waals surface area contributed by atoms with Gasteiger partial charge in [0.05, 0.1) is 0 Å². The summed E-state index contributed by atoms with van der Waals surface area (Å²) in [6.45, 7) is 3.82. The van der Waals surface area contributed by atoms with E-state index in [4.69, 9.17) is 0 Å². The fourth-order valence-corrected chi connectivity index (χ4v) is 1.01. The van der Waals surface area contributed by atoms with Gasteiger partial charge in [-0.2, -0.15) is 0 Å². The van der Waals surface area contributed by atoms with Crippen LogP contribution in [0.3, 0.4) is 0 Å². The van der Waals surface area contributed by atoms with Gasteiger partial charge >= 0.3 is 0 Å². The fourth-order valence-electron chi connectivity index (χ4n) is 1.01. The highest BCUT2D eigenvalue weighted by Crippen LogP contribution is 1.86. The Bertz CT molecular complexity index is 449. The molecular formula is C14H22N2O. The lowest BCUT2D eigenvalue weighted by Gasteiger charge is -1.84. The molecule has 3 nitrogen and oxygen atoms in total. The van der Waals surface area contributed by atoms with Crippen LogP contribution in [0.4, 0.5) is 0 Å². The minimum absolute atomic E-state index is 0. The van der Waals surface area contributed by atoms with E-state index in [9.17, 15) is 4.79 Å². The summed E-state index contributed by atoms with van der Waals surface area (Å²) < 4.78 is 0. The molecule has 3 heteroatoms. The molecule has 2 heterocycles. The molecule has 0 saturated heterocycles. The zero-order chi connectivity index (χ0) is 11.1. The van der Waals surface area contributed by atoms with Gasteiger partial charge in [-0.15, -0.1) is 0 Å². The monoisotopic (exact) mass is 234 g/mol. The van der Waals surface area contributed by atoms with Gasteiger partial charge in [-0.25, -0.2) is 0 Å². The topological polar surface area (TPSA) is 45.8 Å². The summed E-state index contributed by atoms with van der Waals surface area (Å²) in [7, 11) is 0. The molecule has 0 bridgehead atoms. The highest BCUT2D eigenvalue weighted by atomic mass is 16.1. The van der Waals surface area contributed by atoms with Crippen LogP contribution in [0.15, 0.2) is 47.4 Å². The van der Waals surface area contributed by atoms with Crippen LogP contribution >= 0.6 is 0 Å². The second kappa shape index (κ2) is 9.33. The molecule has 1 N–H and O–H groups in total. The number of hydrogen-bond acceptors (Lipinski definition) is 2. The molecule has 2 aromatic heterocycles. The van der Waals surface area contributed by atoms with Crippen molar-refractivity contribution in [3.8, 4) is 0 Å². The van der Waals surface area contributed by atoms with Crippen LogP contribution < -0.4 is 5.56 Å². The first kappa shape index (κ1) is 17.5. The number of nitrogens with zero attached hydrogens (tertiary/aromatic N) is 1. The lowest BCUT2D eigenvalue weighted by Crippen LogP contribution is -2.02. The van der Waals surface area contributed by atoms with Gasteiger partial charge in [0.25, 0.3) is 0 Å². The molecule has 0 aromatic carbocycles. The van der Waals surface area contributed by atoms with E-state index < -0.39 is 0 Å². The first-order valence-electron chi connectivity index (χ1n) is 4.72. The Labute approximate surface area is 104 Å². The van der Waals surface area contributed by atoms with Crippen LogP contribution in [-0.2, 0) is 0 Å². The number of hydrogen-bond donors (Lipinski definition) is 1. The molecule has 94 valence electrons. The van der Waals surface area contributed by atoms with E-state index in [1.54, 1.807) is 12.3 Å². The summed E-state index contributed by atoms with van der Waals surface area (Å²) in [4.78, 5) is 17.0. The Morgan fingerprint density at radius 2 is 1.71 bits per heavy atom. The largest absolute Gasteiger partial charge is 0.327 e. The Kier molecular flexibility index (Phi) is 9.61. The molecule has 2 aromatic rings. The van der Waals surface area contributed by atoms with Crippen LogP contribution in [0.2, 0.25) is 0 Å². The Morgan fingerprint density at radius 1 is 1.00 bits per heavy atom. The number of nitrogens with one attached hydrogen (secondary N) is 1. The van der Waals surface area contributed by atoms with Crippen LogP contribution in [0.1, 0.15) is 26.2 Å². The number of pyridine rings is 2. The molecule has 0 aliphatic heterocycles. The maximum absolute atomic E-state index is 10.4. The van der Waals surface area contributed by atoms with Gasteiger partial charge in [-0.05, 0) is 32.0 Å². The van der Waals surface area contributed by atoms with E-state index in [1.807, 2.05) is 38.1 Å². The standard InChI is InChI=1S/C6H7NO.C6H7N.2CH4/c1-5-3-2-4-6(8)7-5;1-6-4-2-3-5-7-6;;/h2-4H,1H3,(H,7,8);2-5H,1H3;2*1H4. The number of aromatic amines is 1.